The molecule has 0 N–H and O–H groups in total. The van der Waals surface area contributed by atoms with Gasteiger partial charge in [0.1, 0.15) is 24.1 Å². The average molecular weight is 599 g/mol. The van der Waals surface area contributed by atoms with Crippen molar-refractivity contribution in [2.24, 2.45) is 0 Å². The van der Waals surface area contributed by atoms with Crippen LogP contribution >= 0.6 is 0 Å². The molecule has 0 radical (unpaired) electrons. The molecule has 44 heavy (non-hydrogen) atoms. The molecule has 1 amide bonds. The van der Waals surface area contributed by atoms with Gasteiger partial charge in [-0.25, -0.2) is 14.2 Å². The second-order valence-electron chi connectivity index (χ2n) is 10.8. The number of nitriles is 1. The van der Waals surface area contributed by atoms with Crippen LogP contribution in [-0.2, 0) is 27.4 Å². The molecule has 2 saturated heterocycles. The van der Waals surface area contributed by atoms with Gasteiger partial charge in [0, 0.05) is 31.3 Å². The van der Waals surface area contributed by atoms with Gasteiger partial charge in [0.05, 0.1) is 60.6 Å². The molecule has 0 spiro atoms. The summed E-state index contributed by atoms with van der Waals surface area (Å²) in [6.45, 7) is 4.41. The molecule has 11 nitrogen and oxygen atoms in total. The summed E-state index contributed by atoms with van der Waals surface area (Å²) in [7, 11) is 1.35. The lowest BCUT2D eigenvalue weighted by Gasteiger charge is -2.37. The Morgan fingerprint density at radius 3 is 2.73 bits per heavy atom. The number of nitrogens with zero attached hydrogens (tertiary/aromatic N) is 6. The van der Waals surface area contributed by atoms with Crippen molar-refractivity contribution in [1.82, 2.24) is 19.4 Å². The summed E-state index contributed by atoms with van der Waals surface area (Å²) in [4.78, 5) is 38.7. The number of amides is 1. The van der Waals surface area contributed by atoms with Crippen LogP contribution in [0.2, 0.25) is 0 Å². The van der Waals surface area contributed by atoms with Crippen LogP contribution in [0.1, 0.15) is 46.7 Å². The van der Waals surface area contributed by atoms with Gasteiger partial charge >= 0.3 is 5.97 Å². The first kappa shape index (κ1) is 29.2. The van der Waals surface area contributed by atoms with Crippen LogP contribution in [0.3, 0.4) is 0 Å². The SMILES string of the molecule is COC(=O)c1ccc2nc(C(C)N3CCN(c4cccc(OCc5ccc(C#N)cc5F)n4)C(=O)C3)n(C[C@@H]3CCO3)c2c1. The highest BCUT2D eigenvalue weighted by atomic mass is 19.1. The zero-order chi connectivity index (χ0) is 30.8. The molecule has 226 valence electrons. The van der Waals surface area contributed by atoms with Crippen LogP contribution in [0, 0.1) is 17.1 Å². The molecular formula is C32H31FN6O5. The molecule has 0 saturated carbocycles. The number of halogens is 1. The van der Waals surface area contributed by atoms with Crippen LogP contribution in [0.4, 0.5) is 10.2 Å². The van der Waals surface area contributed by atoms with E-state index >= 15 is 0 Å². The number of carbonyl (C=O) groups is 2. The minimum atomic E-state index is -0.529. The molecule has 2 aliphatic heterocycles. The molecule has 4 heterocycles. The number of carbonyl (C=O) groups excluding carboxylic acids is 2. The number of fused-ring (bicyclic) bond motifs is 1. The molecular weight excluding hydrogens is 567 g/mol. The van der Waals surface area contributed by atoms with Crippen molar-refractivity contribution >= 4 is 28.7 Å². The van der Waals surface area contributed by atoms with Crippen LogP contribution in [0.5, 0.6) is 5.88 Å². The first-order chi connectivity index (χ1) is 21.3. The third kappa shape index (κ3) is 5.84. The highest BCUT2D eigenvalue weighted by molar-refractivity contribution is 5.95. The smallest absolute Gasteiger partial charge is 0.337 e. The molecule has 0 aliphatic carbocycles. The predicted molar refractivity (Wildman–Crippen MR) is 157 cm³/mol. The van der Waals surface area contributed by atoms with Gasteiger partial charge in [-0.15, -0.1) is 0 Å². The Bertz CT molecular complexity index is 1760. The number of hydrogen-bond acceptors (Lipinski definition) is 9. The Morgan fingerprint density at radius 1 is 1.18 bits per heavy atom. The zero-order valence-electron chi connectivity index (χ0n) is 24.4. The monoisotopic (exact) mass is 598 g/mol. The molecule has 2 fully saturated rings. The van der Waals surface area contributed by atoms with E-state index in [4.69, 9.17) is 24.5 Å². The third-order valence-electron chi connectivity index (χ3n) is 8.09. The fourth-order valence-corrected chi connectivity index (χ4v) is 5.48. The molecule has 6 rings (SSSR count). The second-order valence-corrected chi connectivity index (χ2v) is 10.8. The second kappa shape index (κ2) is 12.4. The average Bonchev–Trinajstić information content (AvgIpc) is 3.38. The Hall–Kier alpha value is -4.86. The Balaban J connectivity index is 1.17. The van der Waals surface area contributed by atoms with Crippen molar-refractivity contribution in [2.75, 3.05) is 38.3 Å². The molecule has 2 aromatic heterocycles. The van der Waals surface area contributed by atoms with Crippen LogP contribution in [0.25, 0.3) is 11.0 Å². The number of anilines is 1. The van der Waals surface area contributed by atoms with Gasteiger partial charge in [-0.2, -0.15) is 10.2 Å². The summed E-state index contributed by atoms with van der Waals surface area (Å²) in [5, 5.41) is 8.94. The van der Waals surface area contributed by atoms with Gasteiger partial charge in [-0.3, -0.25) is 14.6 Å². The number of aromatic nitrogens is 3. The standard InChI is InChI=1S/C32H31FN6O5/c1-20(31-35-26-9-8-22(32(41)42-2)15-27(26)39(31)17-24-10-13-43-24)37-11-12-38(30(40)18-37)28-4-3-5-29(36-28)44-19-23-7-6-21(16-34)14-25(23)33/h3-9,14-15,20,24H,10-13,17-19H2,1-2H3/t20?,24-/m0/s1. The highest BCUT2D eigenvalue weighted by Gasteiger charge is 2.32. The van der Waals surface area contributed by atoms with Crippen molar-refractivity contribution in [3.05, 3.63) is 82.9 Å². The predicted octanol–water partition coefficient (Wildman–Crippen LogP) is 4.01. The fraction of sp³-hybridized carbons (Fsp3) is 0.344. The number of imidazole rings is 1. The number of methoxy groups -OCH3 is 1. The molecule has 2 atom stereocenters. The summed E-state index contributed by atoms with van der Waals surface area (Å²) >= 11 is 0. The number of rotatable bonds is 9. The maximum Gasteiger partial charge on any atom is 0.337 e. The van der Waals surface area contributed by atoms with Crippen LogP contribution in [0.15, 0.2) is 54.6 Å². The molecule has 0 bridgehead atoms. The van der Waals surface area contributed by atoms with Gasteiger partial charge in [0.15, 0.2) is 0 Å². The molecule has 12 heteroatoms. The molecule has 2 aromatic carbocycles. The van der Waals surface area contributed by atoms with E-state index in [9.17, 15) is 14.0 Å². The minimum absolute atomic E-state index is 0.0626. The minimum Gasteiger partial charge on any atom is -0.473 e. The normalized spacial score (nSPS) is 17.6. The molecule has 4 aromatic rings. The van der Waals surface area contributed by atoms with Gasteiger partial charge in [-0.05, 0) is 49.7 Å². The Kier molecular flexibility index (Phi) is 8.23. The van der Waals surface area contributed by atoms with Crippen molar-refractivity contribution in [2.45, 2.75) is 38.6 Å². The summed E-state index contributed by atoms with van der Waals surface area (Å²) in [5.74, 6) is 0.433. The summed E-state index contributed by atoms with van der Waals surface area (Å²) in [6.07, 6.45) is 1.01. The molecule has 2 aliphatic rings. The Labute approximate surface area is 253 Å². The van der Waals surface area contributed by atoms with Gasteiger partial charge < -0.3 is 18.8 Å². The first-order valence-corrected chi connectivity index (χ1v) is 14.4. The third-order valence-corrected chi connectivity index (χ3v) is 8.09. The van der Waals surface area contributed by atoms with Crippen molar-refractivity contribution in [3.63, 3.8) is 0 Å². The topological polar surface area (TPSA) is 123 Å². The van der Waals surface area contributed by atoms with E-state index in [1.54, 1.807) is 35.2 Å². The number of hydrogen-bond donors (Lipinski definition) is 0. The number of benzene rings is 2. The van der Waals surface area contributed by atoms with Gasteiger partial charge in [0.2, 0.25) is 11.8 Å². The molecule has 1 unspecified atom stereocenters. The lowest BCUT2D eigenvalue weighted by atomic mass is 10.1. The maximum absolute atomic E-state index is 14.3. The summed E-state index contributed by atoms with van der Waals surface area (Å²) in [6, 6.07) is 16.3. The fourth-order valence-electron chi connectivity index (χ4n) is 5.48. The van der Waals surface area contributed by atoms with Crippen LogP contribution < -0.4 is 9.64 Å². The first-order valence-electron chi connectivity index (χ1n) is 14.4. The van der Waals surface area contributed by atoms with E-state index in [2.05, 4.69) is 14.5 Å². The van der Waals surface area contributed by atoms with E-state index in [1.807, 2.05) is 19.1 Å². The largest absolute Gasteiger partial charge is 0.473 e. The van der Waals surface area contributed by atoms with E-state index in [1.165, 1.54) is 19.2 Å². The number of piperazine rings is 1. The van der Waals surface area contributed by atoms with E-state index in [0.29, 0.717) is 36.6 Å². The quantitative estimate of drug-likeness (QED) is 0.263. The van der Waals surface area contributed by atoms with Gasteiger partial charge in [-0.1, -0.05) is 12.1 Å². The van der Waals surface area contributed by atoms with Crippen molar-refractivity contribution in [1.29, 1.82) is 5.26 Å². The maximum atomic E-state index is 14.3. The van der Waals surface area contributed by atoms with Gasteiger partial charge in [0.25, 0.3) is 0 Å². The number of esters is 1. The van der Waals surface area contributed by atoms with E-state index in [0.717, 1.165) is 36.0 Å². The number of pyridine rings is 1. The van der Waals surface area contributed by atoms with Crippen molar-refractivity contribution < 1.29 is 28.2 Å². The lowest BCUT2D eigenvalue weighted by Crippen LogP contribution is -2.51. The number of ether oxygens (including phenoxy) is 3. The lowest BCUT2D eigenvalue weighted by molar-refractivity contribution is -0.122. The van der Waals surface area contributed by atoms with Crippen LogP contribution in [-0.4, -0.2) is 70.8 Å². The highest BCUT2D eigenvalue weighted by Crippen LogP contribution is 2.30. The summed E-state index contributed by atoms with van der Waals surface area (Å²) in [5.41, 5.74) is 2.55. The zero-order valence-corrected chi connectivity index (χ0v) is 24.4. The van der Waals surface area contributed by atoms with E-state index in [-0.39, 0.29) is 42.6 Å². The van der Waals surface area contributed by atoms with E-state index < -0.39 is 11.8 Å². The Morgan fingerprint density at radius 2 is 2.02 bits per heavy atom. The van der Waals surface area contributed by atoms with Crippen molar-refractivity contribution in [3.8, 4) is 11.9 Å². The summed E-state index contributed by atoms with van der Waals surface area (Å²) < 4.78 is 32.7.